The lowest BCUT2D eigenvalue weighted by Gasteiger charge is -2.35. The summed E-state index contributed by atoms with van der Waals surface area (Å²) in [6, 6.07) is 6.28. The van der Waals surface area contributed by atoms with Gasteiger partial charge in [0.05, 0.1) is 0 Å². The molecule has 1 atom stereocenters. The van der Waals surface area contributed by atoms with Crippen LogP contribution in [0.1, 0.15) is 87.2 Å². The molecule has 2 heterocycles. The van der Waals surface area contributed by atoms with Gasteiger partial charge in [0.15, 0.2) is 5.78 Å². The first kappa shape index (κ1) is 28.7. The van der Waals surface area contributed by atoms with Crippen LogP contribution in [0.2, 0.25) is 0 Å². The number of ketones is 1. The smallest absolute Gasteiger partial charge is 0.160 e. The number of benzene rings is 1. The first-order valence-electron chi connectivity index (χ1n) is 14.2. The molecular formula is C32H48N4O. The van der Waals surface area contributed by atoms with E-state index in [0.29, 0.717) is 5.92 Å². The molecule has 0 amide bonds. The summed E-state index contributed by atoms with van der Waals surface area (Å²) in [4.78, 5) is 24.1. The standard InChI is InChI=1S/C32H48N4O/c1-8-25(3)26(4)22-30-33-31(36-19-13-14-20-36)23-32(35(30)7)34(6)18-12-10-9-11-15-28-17-16-24(2)21-29(28)27(5)37/h16-17,21-23,25H,4,8-15,18-20H2,1-3,5-7H3/b30-22-. The minimum absolute atomic E-state index is 0.170. The number of hydrogen-bond donors (Lipinski definition) is 0. The van der Waals surface area contributed by atoms with Gasteiger partial charge in [-0.05, 0) is 81.6 Å². The molecule has 1 unspecified atom stereocenters. The van der Waals surface area contributed by atoms with E-state index in [-0.39, 0.29) is 5.78 Å². The van der Waals surface area contributed by atoms with Gasteiger partial charge in [-0.25, -0.2) is 4.99 Å². The van der Waals surface area contributed by atoms with E-state index in [1.807, 2.05) is 13.0 Å². The molecule has 0 N–H and O–H groups in total. The fourth-order valence-corrected chi connectivity index (χ4v) is 5.10. The molecule has 0 aliphatic carbocycles. The number of rotatable bonds is 12. The van der Waals surface area contributed by atoms with Gasteiger partial charge in [0.25, 0.3) is 0 Å². The molecule has 2 aliphatic heterocycles. The van der Waals surface area contributed by atoms with Crippen LogP contribution in [-0.4, -0.2) is 60.0 Å². The van der Waals surface area contributed by atoms with Gasteiger partial charge in [-0.15, -0.1) is 0 Å². The zero-order valence-electron chi connectivity index (χ0n) is 24.1. The Morgan fingerprint density at radius 2 is 1.89 bits per heavy atom. The Balaban J connectivity index is 1.57. The second-order valence-corrected chi connectivity index (χ2v) is 10.9. The summed E-state index contributed by atoms with van der Waals surface area (Å²) in [7, 11) is 4.32. The molecule has 0 bridgehead atoms. The third kappa shape index (κ3) is 7.83. The molecule has 0 saturated carbocycles. The molecule has 0 spiro atoms. The lowest BCUT2D eigenvalue weighted by Crippen LogP contribution is -2.37. The van der Waals surface area contributed by atoms with Gasteiger partial charge in [-0.3, -0.25) is 4.79 Å². The molecule has 1 fully saturated rings. The monoisotopic (exact) mass is 504 g/mol. The first-order valence-corrected chi connectivity index (χ1v) is 14.2. The number of carbonyl (C=O) groups is 1. The summed E-state index contributed by atoms with van der Waals surface area (Å²) >= 11 is 0. The van der Waals surface area contributed by atoms with Crippen molar-refractivity contribution in [3.63, 3.8) is 0 Å². The van der Waals surface area contributed by atoms with Crippen LogP contribution in [0.5, 0.6) is 0 Å². The molecule has 1 saturated heterocycles. The van der Waals surface area contributed by atoms with Crippen LogP contribution in [0.25, 0.3) is 0 Å². The van der Waals surface area contributed by atoms with Crippen molar-refractivity contribution in [1.29, 1.82) is 0 Å². The number of unbranched alkanes of at least 4 members (excludes halogenated alkanes) is 3. The van der Waals surface area contributed by atoms with Crippen LogP contribution in [0.3, 0.4) is 0 Å². The molecule has 0 radical (unpaired) electrons. The number of allylic oxidation sites excluding steroid dienone is 2. The predicted octanol–water partition coefficient (Wildman–Crippen LogP) is 6.96. The highest BCUT2D eigenvalue weighted by molar-refractivity contribution is 5.96. The number of Topliss-reactive ketones (excluding diaryl/α,β-unsaturated/α-hetero) is 1. The topological polar surface area (TPSA) is 39.1 Å². The SMILES string of the molecule is C=C(/C=C1/N=C(N2CCCC2)C=C(N(C)CCCCCCc2ccc(C)cc2C(C)=O)N1C)C(C)CC. The van der Waals surface area contributed by atoms with Crippen LogP contribution < -0.4 is 0 Å². The fourth-order valence-electron chi connectivity index (χ4n) is 5.10. The number of carbonyl (C=O) groups excluding carboxylic acids is 1. The first-order chi connectivity index (χ1) is 17.7. The van der Waals surface area contributed by atoms with Gasteiger partial charge in [0.2, 0.25) is 0 Å². The van der Waals surface area contributed by atoms with Crippen molar-refractivity contribution < 1.29 is 4.79 Å². The fraction of sp³-hybridized carbons (Fsp3) is 0.562. The number of aryl methyl sites for hydroxylation is 2. The molecule has 1 aromatic carbocycles. The van der Waals surface area contributed by atoms with E-state index in [4.69, 9.17) is 4.99 Å². The normalized spacial score (nSPS) is 17.6. The Labute approximate surface area is 225 Å². The lowest BCUT2D eigenvalue weighted by molar-refractivity contribution is 0.101. The Hall–Kier alpha value is -2.82. The summed E-state index contributed by atoms with van der Waals surface area (Å²) in [5, 5.41) is 0. The van der Waals surface area contributed by atoms with Crippen LogP contribution >= 0.6 is 0 Å². The molecular weight excluding hydrogens is 456 g/mol. The van der Waals surface area contributed by atoms with Crippen LogP contribution in [-0.2, 0) is 6.42 Å². The van der Waals surface area contributed by atoms with E-state index in [0.717, 1.165) is 73.7 Å². The highest BCUT2D eigenvalue weighted by Crippen LogP contribution is 2.26. The third-order valence-corrected chi connectivity index (χ3v) is 7.89. The minimum Gasteiger partial charge on any atom is -0.361 e. The molecule has 37 heavy (non-hydrogen) atoms. The second kappa shape index (κ2) is 13.6. The maximum absolute atomic E-state index is 12.0. The van der Waals surface area contributed by atoms with Gasteiger partial charge in [-0.1, -0.05) is 51.0 Å². The molecule has 3 rings (SSSR count). The van der Waals surface area contributed by atoms with Crippen molar-refractivity contribution in [3.8, 4) is 0 Å². The van der Waals surface area contributed by atoms with E-state index in [9.17, 15) is 4.79 Å². The molecule has 2 aliphatic rings. The number of amidine groups is 1. The summed E-state index contributed by atoms with van der Waals surface area (Å²) in [5.41, 5.74) is 4.37. The van der Waals surface area contributed by atoms with E-state index >= 15 is 0 Å². The maximum Gasteiger partial charge on any atom is 0.160 e. The Kier molecular flexibility index (Phi) is 10.6. The Morgan fingerprint density at radius 1 is 1.19 bits per heavy atom. The lowest BCUT2D eigenvalue weighted by atomic mass is 9.97. The largest absolute Gasteiger partial charge is 0.361 e. The van der Waals surface area contributed by atoms with E-state index in [2.05, 4.69) is 73.5 Å². The number of likely N-dealkylation sites (tertiary alicyclic amines) is 1. The molecule has 1 aromatic rings. The highest BCUT2D eigenvalue weighted by Gasteiger charge is 2.24. The van der Waals surface area contributed by atoms with Crippen molar-refractivity contribution in [2.75, 3.05) is 33.7 Å². The van der Waals surface area contributed by atoms with Crippen molar-refractivity contribution in [2.24, 2.45) is 10.9 Å². The van der Waals surface area contributed by atoms with Crippen molar-refractivity contribution in [2.45, 2.75) is 79.1 Å². The summed E-state index contributed by atoms with van der Waals surface area (Å²) in [6.07, 6.45) is 13.6. The van der Waals surface area contributed by atoms with Gasteiger partial charge < -0.3 is 14.7 Å². The van der Waals surface area contributed by atoms with E-state index < -0.39 is 0 Å². The van der Waals surface area contributed by atoms with Gasteiger partial charge in [0.1, 0.15) is 17.5 Å². The number of aliphatic imine (C=N–C) groups is 1. The number of nitrogens with zero attached hydrogens (tertiary/aromatic N) is 4. The number of hydrogen-bond acceptors (Lipinski definition) is 5. The van der Waals surface area contributed by atoms with Crippen molar-refractivity contribution in [1.82, 2.24) is 14.7 Å². The average molecular weight is 505 g/mol. The molecule has 5 heteroatoms. The Morgan fingerprint density at radius 3 is 2.57 bits per heavy atom. The quantitative estimate of drug-likeness (QED) is 0.228. The summed E-state index contributed by atoms with van der Waals surface area (Å²) in [6.45, 7) is 15.7. The van der Waals surface area contributed by atoms with Crippen LogP contribution in [0, 0.1) is 12.8 Å². The maximum atomic E-state index is 12.0. The average Bonchev–Trinajstić information content (AvgIpc) is 3.42. The van der Waals surface area contributed by atoms with Gasteiger partial charge >= 0.3 is 0 Å². The second-order valence-electron chi connectivity index (χ2n) is 10.9. The minimum atomic E-state index is 0.170. The van der Waals surface area contributed by atoms with Crippen LogP contribution in [0.15, 0.2) is 59.1 Å². The Bertz CT molecular complexity index is 1040. The third-order valence-electron chi connectivity index (χ3n) is 7.89. The highest BCUT2D eigenvalue weighted by atomic mass is 16.1. The molecule has 5 nitrogen and oxygen atoms in total. The zero-order valence-corrected chi connectivity index (χ0v) is 24.1. The predicted molar refractivity (Wildman–Crippen MR) is 157 cm³/mol. The van der Waals surface area contributed by atoms with Gasteiger partial charge in [-0.2, -0.15) is 0 Å². The summed E-state index contributed by atoms with van der Waals surface area (Å²) < 4.78 is 0. The van der Waals surface area contributed by atoms with Gasteiger partial charge in [0, 0.05) is 45.4 Å². The van der Waals surface area contributed by atoms with Crippen molar-refractivity contribution in [3.05, 3.63) is 70.8 Å². The molecule has 202 valence electrons. The van der Waals surface area contributed by atoms with Crippen LogP contribution in [0.4, 0.5) is 0 Å². The van der Waals surface area contributed by atoms with Crippen molar-refractivity contribution >= 4 is 11.6 Å². The summed E-state index contributed by atoms with van der Waals surface area (Å²) in [5.74, 6) is 3.88. The van der Waals surface area contributed by atoms with E-state index in [1.54, 1.807) is 6.92 Å². The van der Waals surface area contributed by atoms with E-state index in [1.165, 1.54) is 37.1 Å². The molecule has 0 aromatic heterocycles. The zero-order chi connectivity index (χ0) is 26.9.